The molecule has 0 aromatic heterocycles. The van der Waals surface area contributed by atoms with Crippen LogP contribution in [0.2, 0.25) is 0 Å². The molecule has 2 aromatic carbocycles. The van der Waals surface area contributed by atoms with Gasteiger partial charge in [-0.1, -0.05) is 25.1 Å². The van der Waals surface area contributed by atoms with Crippen molar-refractivity contribution in [2.75, 3.05) is 36.1 Å². The van der Waals surface area contributed by atoms with Crippen molar-refractivity contribution < 1.29 is 19.1 Å². The zero-order chi connectivity index (χ0) is 22.0. The lowest BCUT2D eigenvalue weighted by atomic mass is 10.0. The number of nitrogens with zero attached hydrogens (tertiary/aromatic N) is 2. The molecule has 160 valence electrons. The molecule has 2 aliphatic heterocycles. The van der Waals surface area contributed by atoms with Crippen LogP contribution in [-0.2, 0) is 20.7 Å². The smallest absolute Gasteiger partial charge is 0.335 e. The molecule has 2 saturated heterocycles. The monoisotopic (exact) mass is 419 g/mol. The van der Waals surface area contributed by atoms with Crippen LogP contribution in [0.1, 0.15) is 23.6 Å². The topological polar surface area (TPSA) is 79.0 Å². The molecular formula is C24H25N3O4. The summed E-state index contributed by atoms with van der Waals surface area (Å²) in [4.78, 5) is 41.2. The van der Waals surface area contributed by atoms with Gasteiger partial charge in [0.1, 0.15) is 5.57 Å². The fraction of sp³-hybridized carbons (Fsp3) is 0.292. The van der Waals surface area contributed by atoms with Gasteiger partial charge >= 0.3 is 6.03 Å². The number of hydrogen-bond acceptors (Lipinski definition) is 5. The summed E-state index contributed by atoms with van der Waals surface area (Å²) in [5.74, 6) is -1.32. The van der Waals surface area contributed by atoms with Gasteiger partial charge in [-0.2, -0.15) is 0 Å². The molecule has 7 heteroatoms. The summed E-state index contributed by atoms with van der Waals surface area (Å²) in [5, 5.41) is 2.28. The first-order chi connectivity index (χ1) is 15.0. The van der Waals surface area contributed by atoms with E-state index in [0.717, 1.165) is 46.8 Å². The van der Waals surface area contributed by atoms with Crippen molar-refractivity contribution >= 4 is 35.3 Å². The van der Waals surface area contributed by atoms with Crippen LogP contribution in [0.3, 0.4) is 0 Å². The Morgan fingerprint density at radius 3 is 2.32 bits per heavy atom. The molecule has 0 atom stereocenters. The first-order valence-electron chi connectivity index (χ1n) is 10.4. The highest BCUT2D eigenvalue weighted by molar-refractivity contribution is 6.39. The molecule has 1 N–H and O–H groups in total. The lowest BCUT2D eigenvalue weighted by Crippen LogP contribution is -2.54. The number of urea groups is 1. The van der Waals surface area contributed by atoms with Crippen molar-refractivity contribution in [2.24, 2.45) is 0 Å². The van der Waals surface area contributed by atoms with Crippen molar-refractivity contribution in [1.29, 1.82) is 0 Å². The third kappa shape index (κ3) is 4.22. The van der Waals surface area contributed by atoms with Crippen LogP contribution in [0.15, 0.2) is 48.0 Å². The van der Waals surface area contributed by atoms with Gasteiger partial charge < -0.3 is 9.64 Å². The highest BCUT2D eigenvalue weighted by Crippen LogP contribution is 2.25. The highest BCUT2D eigenvalue weighted by atomic mass is 16.5. The Balaban J connectivity index is 1.63. The molecule has 0 unspecified atom stereocenters. The molecule has 7 nitrogen and oxygen atoms in total. The number of carbonyl (C=O) groups is 3. The Kier molecular flexibility index (Phi) is 5.86. The SMILES string of the molecule is CCc1ccc(N2C(=O)NC(=O)/C(=C\c3ccc(N4CCOCC4)cc3C)C2=O)cc1. The lowest BCUT2D eigenvalue weighted by molar-refractivity contribution is -0.122. The molecule has 4 rings (SSSR count). The number of aryl methyl sites for hydroxylation is 2. The molecule has 0 aliphatic carbocycles. The minimum atomic E-state index is -0.740. The van der Waals surface area contributed by atoms with Gasteiger partial charge in [0.2, 0.25) is 0 Å². The normalized spacial score (nSPS) is 18.5. The minimum Gasteiger partial charge on any atom is -0.378 e. The molecule has 2 fully saturated rings. The maximum absolute atomic E-state index is 13.1. The molecule has 2 heterocycles. The molecule has 2 aromatic rings. The summed E-state index contributed by atoms with van der Waals surface area (Å²) in [6.07, 6.45) is 2.40. The minimum absolute atomic E-state index is 0.0682. The van der Waals surface area contributed by atoms with E-state index in [4.69, 9.17) is 4.74 Å². The Morgan fingerprint density at radius 1 is 1.00 bits per heavy atom. The van der Waals surface area contributed by atoms with Gasteiger partial charge in [-0.3, -0.25) is 14.9 Å². The van der Waals surface area contributed by atoms with Crippen LogP contribution in [-0.4, -0.2) is 44.1 Å². The van der Waals surface area contributed by atoms with E-state index in [1.165, 1.54) is 0 Å². The largest absolute Gasteiger partial charge is 0.378 e. The Hall–Kier alpha value is -3.45. The van der Waals surface area contributed by atoms with Crippen molar-refractivity contribution in [3.8, 4) is 0 Å². The van der Waals surface area contributed by atoms with Gasteiger partial charge in [-0.05, 0) is 60.4 Å². The number of morpholine rings is 1. The number of imide groups is 2. The molecular weight excluding hydrogens is 394 g/mol. The van der Waals surface area contributed by atoms with Crippen LogP contribution in [0.5, 0.6) is 0 Å². The number of hydrogen-bond donors (Lipinski definition) is 1. The molecule has 31 heavy (non-hydrogen) atoms. The fourth-order valence-electron chi connectivity index (χ4n) is 3.77. The van der Waals surface area contributed by atoms with E-state index in [0.29, 0.717) is 18.9 Å². The summed E-state index contributed by atoms with van der Waals surface area (Å²) in [7, 11) is 0. The van der Waals surface area contributed by atoms with E-state index in [2.05, 4.69) is 10.2 Å². The quantitative estimate of drug-likeness (QED) is 0.609. The number of barbiturate groups is 1. The summed E-state index contributed by atoms with van der Waals surface area (Å²) in [6, 6.07) is 12.3. The molecule has 0 radical (unpaired) electrons. The van der Waals surface area contributed by atoms with Gasteiger partial charge in [0.25, 0.3) is 11.8 Å². The van der Waals surface area contributed by atoms with E-state index in [1.54, 1.807) is 18.2 Å². The Labute approximate surface area is 181 Å². The predicted molar refractivity (Wildman–Crippen MR) is 119 cm³/mol. The maximum atomic E-state index is 13.1. The standard InChI is InChI=1S/C24H25N3O4/c1-3-17-4-7-19(8-5-17)27-23(29)21(22(28)25-24(27)30)15-18-6-9-20(14-16(18)2)26-10-12-31-13-11-26/h4-9,14-15H,3,10-13H2,1-2H3,(H,25,28,30)/b21-15+. The summed E-state index contributed by atoms with van der Waals surface area (Å²) in [6.45, 7) is 7.02. The van der Waals surface area contributed by atoms with Crippen LogP contribution >= 0.6 is 0 Å². The number of nitrogens with one attached hydrogen (secondary N) is 1. The van der Waals surface area contributed by atoms with Crippen molar-refractivity contribution in [3.63, 3.8) is 0 Å². The molecule has 2 aliphatic rings. The second kappa shape index (κ2) is 8.73. The maximum Gasteiger partial charge on any atom is 0.335 e. The number of anilines is 2. The zero-order valence-corrected chi connectivity index (χ0v) is 17.7. The Morgan fingerprint density at radius 2 is 1.68 bits per heavy atom. The third-order valence-corrected chi connectivity index (χ3v) is 5.63. The van der Waals surface area contributed by atoms with Crippen LogP contribution in [0.4, 0.5) is 16.2 Å². The molecule has 4 amide bonds. The Bertz CT molecular complexity index is 1050. The summed E-state index contributed by atoms with van der Waals surface area (Å²) >= 11 is 0. The first kappa shape index (κ1) is 20.8. The average Bonchev–Trinajstić information content (AvgIpc) is 2.78. The summed E-state index contributed by atoms with van der Waals surface area (Å²) in [5.41, 5.74) is 4.23. The van der Waals surface area contributed by atoms with Crippen molar-refractivity contribution in [3.05, 3.63) is 64.7 Å². The second-order valence-electron chi connectivity index (χ2n) is 7.62. The molecule has 0 saturated carbocycles. The first-order valence-corrected chi connectivity index (χ1v) is 10.4. The van der Waals surface area contributed by atoms with E-state index in [1.807, 2.05) is 44.2 Å². The van der Waals surface area contributed by atoms with E-state index >= 15 is 0 Å². The fourth-order valence-corrected chi connectivity index (χ4v) is 3.77. The zero-order valence-electron chi connectivity index (χ0n) is 17.7. The van der Waals surface area contributed by atoms with Gasteiger partial charge in [0.15, 0.2) is 0 Å². The van der Waals surface area contributed by atoms with E-state index in [-0.39, 0.29) is 5.57 Å². The second-order valence-corrected chi connectivity index (χ2v) is 7.62. The van der Waals surface area contributed by atoms with E-state index in [9.17, 15) is 14.4 Å². The van der Waals surface area contributed by atoms with Gasteiger partial charge in [-0.25, -0.2) is 9.69 Å². The van der Waals surface area contributed by atoms with Gasteiger partial charge in [-0.15, -0.1) is 0 Å². The van der Waals surface area contributed by atoms with Gasteiger partial charge in [0, 0.05) is 18.8 Å². The molecule has 0 spiro atoms. The van der Waals surface area contributed by atoms with Crippen LogP contribution in [0.25, 0.3) is 6.08 Å². The average molecular weight is 419 g/mol. The van der Waals surface area contributed by atoms with Gasteiger partial charge in [0.05, 0.1) is 18.9 Å². The number of amides is 4. The van der Waals surface area contributed by atoms with Crippen molar-refractivity contribution in [1.82, 2.24) is 5.32 Å². The van der Waals surface area contributed by atoms with E-state index < -0.39 is 17.8 Å². The number of ether oxygens (including phenoxy) is 1. The summed E-state index contributed by atoms with van der Waals surface area (Å²) < 4.78 is 5.40. The highest BCUT2D eigenvalue weighted by Gasteiger charge is 2.36. The third-order valence-electron chi connectivity index (χ3n) is 5.63. The number of carbonyl (C=O) groups excluding carboxylic acids is 3. The molecule has 0 bridgehead atoms. The number of benzene rings is 2. The number of rotatable bonds is 4. The van der Waals surface area contributed by atoms with Crippen LogP contribution in [0, 0.1) is 6.92 Å². The van der Waals surface area contributed by atoms with Crippen LogP contribution < -0.4 is 15.1 Å². The van der Waals surface area contributed by atoms with Crippen molar-refractivity contribution in [2.45, 2.75) is 20.3 Å². The lowest BCUT2D eigenvalue weighted by Gasteiger charge is -2.29. The predicted octanol–water partition coefficient (Wildman–Crippen LogP) is 3.06.